The number of carboxylic acid groups (broad SMARTS) is 1. The molecule has 0 bridgehead atoms. The summed E-state index contributed by atoms with van der Waals surface area (Å²) in [5, 5.41) is 11.3. The summed E-state index contributed by atoms with van der Waals surface area (Å²) >= 11 is 0. The lowest BCUT2D eigenvalue weighted by Gasteiger charge is -2.14. The Hall–Kier alpha value is -2.30. The Balaban J connectivity index is 2.75. The minimum atomic E-state index is -0.997. The molecule has 1 rings (SSSR count). The number of ether oxygens (including phenoxy) is 1. The molecule has 0 aromatic heterocycles. The van der Waals surface area contributed by atoms with Gasteiger partial charge in [0.05, 0.1) is 12.6 Å². The third kappa shape index (κ3) is 5.25. The van der Waals surface area contributed by atoms with Crippen LogP contribution < -0.4 is 5.32 Å². The second-order valence-electron chi connectivity index (χ2n) is 3.93. The molecule has 1 atom stereocenters. The summed E-state index contributed by atoms with van der Waals surface area (Å²) in [5.41, 5.74) is 1.64. The molecule has 0 aliphatic rings. The molecule has 2 N–H and O–H groups in total. The second-order valence-corrected chi connectivity index (χ2v) is 3.93. The van der Waals surface area contributed by atoms with Crippen LogP contribution >= 0.6 is 0 Å². The Kier molecular flexibility index (Phi) is 5.60. The number of carboxylic acids is 1. The van der Waals surface area contributed by atoms with Gasteiger partial charge in [-0.05, 0) is 37.1 Å². The van der Waals surface area contributed by atoms with Crippen molar-refractivity contribution in [2.24, 2.45) is 0 Å². The molecule has 102 valence electrons. The third-order valence-electron chi connectivity index (χ3n) is 2.44. The number of amides is 1. The van der Waals surface area contributed by atoms with E-state index in [1.165, 1.54) is 6.08 Å². The van der Waals surface area contributed by atoms with Gasteiger partial charge in [0.1, 0.15) is 0 Å². The normalized spacial score (nSPS) is 12.1. The lowest BCUT2D eigenvalue weighted by atomic mass is 10.1. The topological polar surface area (TPSA) is 75.6 Å². The van der Waals surface area contributed by atoms with Gasteiger partial charge in [-0.3, -0.25) is 0 Å². The number of aliphatic carboxylic acids is 1. The van der Waals surface area contributed by atoms with Crippen LogP contribution in [0.2, 0.25) is 0 Å². The molecule has 0 aliphatic heterocycles. The number of hydrogen-bond acceptors (Lipinski definition) is 3. The summed E-state index contributed by atoms with van der Waals surface area (Å²) in [6.07, 6.45) is 2.10. The van der Waals surface area contributed by atoms with Crippen molar-refractivity contribution in [3.63, 3.8) is 0 Å². The van der Waals surface area contributed by atoms with E-state index in [1.807, 2.05) is 19.1 Å². The first kappa shape index (κ1) is 14.8. The fourth-order valence-corrected chi connectivity index (χ4v) is 1.53. The van der Waals surface area contributed by atoms with Crippen molar-refractivity contribution in [3.05, 3.63) is 41.5 Å². The molecule has 0 saturated heterocycles. The van der Waals surface area contributed by atoms with Crippen molar-refractivity contribution in [2.45, 2.75) is 19.9 Å². The zero-order chi connectivity index (χ0) is 14.3. The summed E-state index contributed by atoms with van der Waals surface area (Å²) < 4.78 is 4.80. The first-order chi connectivity index (χ1) is 9.02. The fraction of sp³-hybridized carbons (Fsp3) is 0.286. The predicted molar refractivity (Wildman–Crippen MR) is 71.7 cm³/mol. The maximum Gasteiger partial charge on any atom is 0.407 e. The molecule has 0 radical (unpaired) electrons. The van der Waals surface area contributed by atoms with Crippen LogP contribution in [0.1, 0.15) is 31.0 Å². The molecular formula is C14H17NO4. The van der Waals surface area contributed by atoms with Gasteiger partial charge in [-0.25, -0.2) is 9.59 Å². The van der Waals surface area contributed by atoms with Crippen molar-refractivity contribution < 1.29 is 19.4 Å². The molecule has 0 aliphatic carbocycles. The average Bonchev–Trinajstić information content (AvgIpc) is 2.37. The maximum atomic E-state index is 11.3. The van der Waals surface area contributed by atoms with E-state index >= 15 is 0 Å². The van der Waals surface area contributed by atoms with Gasteiger partial charge >= 0.3 is 12.1 Å². The largest absolute Gasteiger partial charge is 0.478 e. The van der Waals surface area contributed by atoms with Gasteiger partial charge in [0, 0.05) is 6.08 Å². The van der Waals surface area contributed by atoms with Gasteiger partial charge in [0.25, 0.3) is 0 Å². The minimum absolute atomic E-state index is 0.211. The Labute approximate surface area is 111 Å². The van der Waals surface area contributed by atoms with Crippen LogP contribution in [0.25, 0.3) is 6.08 Å². The molecule has 1 aromatic carbocycles. The zero-order valence-corrected chi connectivity index (χ0v) is 10.9. The number of rotatable bonds is 5. The number of benzene rings is 1. The third-order valence-corrected chi connectivity index (χ3v) is 2.44. The summed E-state index contributed by atoms with van der Waals surface area (Å²) in [7, 11) is 0. The van der Waals surface area contributed by atoms with E-state index < -0.39 is 12.1 Å². The monoisotopic (exact) mass is 263 g/mol. The van der Waals surface area contributed by atoms with E-state index in [0.29, 0.717) is 6.61 Å². The zero-order valence-electron chi connectivity index (χ0n) is 10.9. The number of nitrogens with one attached hydrogen (secondary N) is 1. The van der Waals surface area contributed by atoms with Gasteiger partial charge < -0.3 is 15.2 Å². The van der Waals surface area contributed by atoms with Crippen molar-refractivity contribution >= 4 is 18.1 Å². The Bertz CT molecular complexity index is 482. The smallest absolute Gasteiger partial charge is 0.407 e. The highest BCUT2D eigenvalue weighted by atomic mass is 16.5. The van der Waals surface area contributed by atoms with Crippen LogP contribution in [0, 0.1) is 0 Å². The van der Waals surface area contributed by atoms with Crippen LogP contribution in [0.5, 0.6) is 0 Å². The SMILES string of the molecule is CCOC(=O)NC(C)c1cccc(/C=C/C(=O)O)c1. The minimum Gasteiger partial charge on any atom is -0.478 e. The van der Waals surface area contributed by atoms with E-state index in [1.54, 1.807) is 19.1 Å². The summed E-state index contributed by atoms with van der Waals surface area (Å²) in [4.78, 5) is 21.8. The first-order valence-corrected chi connectivity index (χ1v) is 5.97. The van der Waals surface area contributed by atoms with Crippen LogP contribution in [0.15, 0.2) is 30.3 Å². The van der Waals surface area contributed by atoms with Crippen molar-refractivity contribution in [2.75, 3.05) is 6.61 Å². The number of carbonyl (C=O) groups is 2. The van der Waals surface area contributed by atoms with Gasteiger partial charge in [0.2, 0.25) is 0 Å². The highest BCUT2D eigenvalue weighted by Crippen LogP contribution is 2.15. The second kappa shape index (κ2) is 7.20. The Morgan fingerprint density at radius 2 is 2.21 bits per heavy atom. The summed E-state index contributed by atoms with van der Waals surface area (Å²) in [6, 6.07) is 7.06. The molecule has 1 amide bonds. The molecule has 1 unspecified atom stereocenters. The molecule has 0 saturated carbocycles. The molecular weight excluding hydrogens is 246 g/mol. The number of carbonyl (C=O) groups excluding carboxylic acids is 1. The van der Waals surface area contributed by atoms with Gasteiger partial charge in [-0.1, -0.05) is 18.2 Å². The highest BCUT2D eigenvalue weighted by Gasteiger charge is 2.09. The van der Waals surface area contributed by atoms with Gasteiger partial charge in [-0.15, -0.1) is 0 Å². The van der Waals surface area contributed by atoms with Crippen molar-refractivity contribution in [1.29, 1.82) is 0 Å². The molecule has 0 heterocycles. The number of hydrogen-bond donors (Lipinski definition) is 2. The predicted octanol–water partition coefficient (Wildman–Crippen LogP) is 2.59. The van der Waals surface area contributed by atoms with Crippen LogP contribution in [-0.2, 0) is 9.53 Å². The highest BCUT2D eigenvalue weighted by molar-refractivity contribution is 5.85. The average molecular weight is 263 g/mol. The van der Waals surface area contributed by atoms with Crippen LogP contribution in [0.4, 0.5) is 4.79 Å². The standard InChI is InChI=1S/C14H17NO4/c1-3-19-14(18)15-10(2)12-6-4-5-11(9-12)7-8-13(16)17/h4-10H,3H2,1-2H3,(H,15,18)(H,16,17)/b8-7+. The molecule has 5 heteroatoms. The fourth-order valence-electron chi connectivity index (χ4n) is 1.53. The van der Waals surface area contributed by atoms with E-state index in [2.05, 4.69) is 5.32 Å². The van der Waals surface area contributed by atoms with Crippen molar-refractivity contribution in [3.8, 4) is 0 Å². The van der Waals surface area contributed by atoms with Crippen molar-refractivity contribution in [1.82, 2.24) is 5.32 Å². The summed E-state index contributed by atoms with van der Waals surface area (Å²) in [6.45, 7) is 3.89. The van der Waals surface area contributed by atoms with Crippen LogP contribution in [-0.4, -0.2) is 23.8 Å². The van der Waals surface area contributed by atoms with E-state index in [-0.39, 0.29) is 6.04 Å². The number of alkyl carbamates (subject to hydrolysis) is 1. The molecule has 1 aromatic rings. The van der Waals surface area contributed by atoms with E-state index in [4.69, 9.17) is 9.84 Å². The first-order valence-electron chi connectivity index (χ1n) is 5.97. The molecule has 5 nitrogen and oxygen atoms in total. The molecule has 0 fully saturated rings. The molecule has 0 spiro atoms. The van der Waals surface area contributed by atoms with Gasteiger partial charge in [0.15, 0.2) is 0 Å². The van der Waals surface area contributed by atoms with E-state index in [9.17, 15) is 9.59 Å². The lowest BCUT2D eigenvalue weighted by Crippen LogP contribution is -2.27. The van der Waals surface area contributed by atoms with E-state index in [0.717, 1.165) is 17.2 Å². The Morgan fingerprint density at radius 1 is 1.47 bits per heavy atom. The van der Waals surface area contributed by atoms with Crippen LogP contribution in [0.3, 0.4) is 0 Å². The molecule has 19 heavy (non-hydrogen) atoms. The van der Waals surface area contributed by atoms with Gasteiger partial charge in [-0.2, -0.15) is 0 Å². The summed E-state index contributed by atoms with van der Waals surface area (Å²) in [5.74, 6) is -0.997. The quantitative estimate of drug-likeness (QED) is 0.801. The maximum absolute atomic E-state index is 11.3. The lowest BCUT2D eigenvalue weighted by molar-refractivity contribution is -0.131. The Morgan fingerprint density at radius 3 is 2.84 bits per heavy atom.